The second kappa shape index (κ2) is 8.79. The number of alkyl halides is 3. The lowest BCUT2D eigenvalue weighted by Crippen LogP contribution is -2.13. The molecule has 3 rings (SSSR count). The molecule has 1 amide bonds. The Morgan fingerprint density at radius 3 is 2.63 bits per heavy atom. The molecule has 3 aromatic rings. The van der Waals surface area contributed by atoms with E-state index in [9.17, 15) is 23.2 Å². The quantitative estimate of drug-likeness (QED) is 0.462. The number of nitrogens with one attached hydrogen (secondary N) is 1. The molecule has 0 aliphatic rings. The van der Waals surface area contributed by atoms with Crippen LogP contribution in [-0.2, 0) is 11.0 Å². The van der Waals surface area contributed by atoms with E-state index in [0.29, 0.717) is 18.1 Å². The first-order valence-corrected chi connectivity index (χ1v) is 9.38. The zero-order chi connectivity index (χ0) is 21.7. The van der Waals surface area contributed by atoms with Crippen LogP contribution in [0.4, 0.5) is 18.3 Å². The van der Waals surface area contributed by atoms with Crippen molar-refractivity contribution >= 4 is 28.5 Å². The summed E-state index contributed by atoms with van der Waals surface area (Å²) in [5.41, 5.74) is 0.995. The summed E-state index contributed by atoms with van der Waals surface area (Å²) in [5.74, 6) is -0.181. The fourth-order valence-corrected chi connectivity index (χ4v) is 3.07. The Morgan fingerprint density at radius 2 is 2.03 bits per heavy atom. The van der Waals surface area contributed by atoms with Gasteiger partial charge in [-0.05, 0) is 49.4 Å². The highest BCUT2D eigenvalue weighted by Crippen LogP contribution is 2.33. The normalized spacial score (nSPS) is 11.8. The molecule has 2 aromatic heterocycles. The van der Waals surface area contributed by atoms with E-state index >= 15 is 0 Å². The van der Waals surface area contributed by atoms with Crippen LogP contribution >= 0.6 is 11.3 Å². The van der Waals surface area contributed by atoms with Crippen LogP contribution < -0.4 is 10.1 Å². The van der Waals surface area contributed by atoms with E-state index in [1.165, 1.54) is 6.08 Å². The Bertz CT molecular complexity index is 1110. The molecule has 0 fully saturated rings. The molecule has 1 aromatic carbocycles. The van der Waals surface area contributed by atoms with Crippen molar-refractivity contribution in [1.29, 1.82) is 5.26 Å². The Hall–Kier alpha value is -3.65. The second-order valence-electron chi connectivity index (χ2n) is 5.76. The molecule has 1 N–H and O–H groups in total. The van der Waals surface area contributed by atoms with E-state index in [0.717, 1.165) is 5.69 Å². The number of carbonyl (C=O) groups is 1. The molecule has 0 bridgehead atoms. The lowest BCUT2D eigenvalue weighted by atomic mass is 10.2. The Kier molecular flexibility index (Phi) is 6.17. The van der Waals surface area contributed by atoms with Crippen LogP contribution in [0.5, 0.6) is 5.75 Å². The maximum Gasteiger partial charge on any atom is 0.445 e. The molecule has 154 valence electrons. The number of anilines is 1. The van der Waals surface area contributed by atoms with Crippen LogP contribution in [0.1, 0.15) is 17.6 Å². The van der Waals surface area contributed by atoms with Gasteiger partial charge in [-0.1, -0.05) is 11.3 Å². The average Bonchev–Trinajstić information content (AvgIpc) is 3.36. The van der Waals surface area contributed by atoms with Crippen LogP contribution in [0.3, 0.4) is 0 Å². The average molecular weight is 433 g/mol. The highest BCUT2D eigenvalue weighted by Gasteiger charge is 2.35. The third kappa shape index (κ3) is 4.84. The van der Waals surface area contributed by atoms with Crippen molar-refractivity contribution in [2.75, 3.05) is 11.9 Å². The third-order valence-corrected chi connectivity index (χ3v) is 4.63. The number of nitriles is 1. The van der Waals surface area contributed by atoms with Gasteiger partial charge in [0.25, 0.3) is 5.91 Å². The molecule has 2 heterocycles. The first kappa shape index (κ1) is 21.1. The van der Waals surface area contributed by atoms with Gasteiger partial charge in [-0.2, -0.15) is 18.4 Å². The summed E-state index contributed by atoms with van der Waals surface area (Å²) in [4.78, 5) is 12.3. The molecule has 7 nitrogen and oxygen atoms in total. The van der Waals surface area contributed by atoms with E-state index in [1.54, 1.807) is 41.1 Å². The van der Waals surface area contributed by atoms with Gasteiger partial charge < -0.3 is 9.30 Å². The number of aromatic nitrogens is 3. The topological polar surface area (TPSA) is 92.8 Å². The standard InChI is InChI=1S/C19H14F3N5O2S/c1-2-29-15-7-5-13(6-8-15)27-9-3-4-14(27)10-12(11-23)16(28)24-18-26-25-17(30-18)19(20,21)22/h3-10H,2H2,1H3,(H,24,26,28)/b12-10-. The van der Waals surface area contributed by atoms with Gasteiger partial charge in [-0.25, -0.2) is 0 Å². The van der Waals surface area contributed by atoms with Crippen LogP contribution in [0.15, 0.2) is 48.2 Å². The van der Waals surface area contributed by atoms with Gasteiger partial charge in [-0.15, -0.1) is 10.2 Å². The van der Waals surface area contributed by atoms with E-state index in [2.05, 4.69) is 15.5 Å². The van der Waals surface area contributed by atoms with Crippen molar-refractivity contribution in [3.8, 4) is 17.5 Å². The van der Waals surface area contributed by atoms with Crippen molar-refractivity contribution in [3.05, 3.63) is 58.9 Å². The first-order valence-electron chi connectivity index (χ1n) is 8.56. The molecule has 0 spiro atoms. The molecule has 0 aliphatic heterocycles. The summed E-state index contributed by atoms with van der Waals surface area (Å²) in [6, 6.07) is 12.4. The SMILES string of the molecule is CCOc1ccc(-n2cccc2/C=C(/C#N)C(=O)Nc2nnc(C(F)(F)F)s2)cc1. The summed E-state index contributed by atoms with van der Waals surface area (Å²) < 4.78 is 45.0. The van der Waals surface area contributed by atoms with Crippen molar-refractivity contribution in [2.45, 2.75) is 13.1 Å². The zero-order valence-corrected chi connectivity index (χ0v) is 16.3. The van der Waals surface area contributed by atoms with Gasteiger partial charge in [-0.3, -0.25) is 10.1 Å². The maximum atomic E-state index is 12.6. The van der Waals surface area contributed by atoms with Gasteiger partial charge in [0.2, 0.25) is 10.1 Å². The molecule has 30 heavy (non-hydrogen) atoms. The predicted octanol–water partition coefficient (Wildman–Crippen LogP) is 4.29. The number of rotatable bonds is 6. The Balaban J connectivity index is 1.81. The van der Waals surface area contributed by atoms with E-state index < -0.39 is 17.1 Å². The van der Waals surface area contributed by atoms with Crippen molar-refractivity contribution < 1.29 is 22.7 Å². The molecule has 11 heteroatoms. The monoisotopic (exact) mass is 433 g/mol. The Labute approximate surface area is 173 Å². The summed E-state index contributed by atoms with van der Waals surface area (Å²) in [6.07, 6.45) is -1.58. The largest absolute Gasteiger partial charge is 0.494 e. The van der Waals surface area contributed by atoms with Gasteiger partial charge in [0.1, 0.15) is 17.4 Å². The highest BCUT2D eigenvalue weighted by molar-refractivity contribution is 7.15. The predicted molar refractivity (Wildman–Crippen MR) is 104 cm³/mol. The number of halogens is 3. The van der Waals surface area contributed by atoms with Crippen molar-refractivity contribution in [3.63, 3.8) is 0 Å². The number of ether oxygens (including phenoxy) is 1. The fourth-order valence-electron chi connectivity index (χ4n) is 2.47. The molecular weight excluding hydrogens is 419 g/mol. The fraction of sp³-hybridized carbons (Fsp3) is 0.158. The minimum absolute atomic E-state index is 0.176. The number of benzene rings is 1. The van der Waals surface area contributed by atoms with Crippen LogP contribution in [0, 0.1) is 11.3 Å². The highest BCUT2D eigenvalue weighted by atomic mass is 32.1. The minimum atomic E-state index is -4.66. The molecule has 0 atom stereocenters. The maximum absolute atomic E-state index is 12.6. The minimum Gasteiger partial charge on any atom is -0.494 e. The van der Waals surface area contributed by atoms with E-state index in [-0.39, 0.29) is 22.0 Å². The van der Waals surface area contributed by atoms with Crippen LogP contribution in [0.2, 0.25) is 0 Å². The lowest BCUT2D eigenvalue weighted by Gasteiger charge is -2.09. The molecule has 0 saturated carbocycles. The first-order chi connectivity index (χ1) is 14.3. The molecule has 0 radical (unpaired) electrons. The van der Waals surface area contributed by atoms with E-state index in [1.807, 2.05) is 19.1 Å². The van der Waals surface area contributed by atoms with Gasteiger partial charge in [0.05, 0.1) is 6.61 Å². The number of nitrogens with zero attached hydrogens (tertiary/aromatic N) is 4. The van der Waals surface area contributed by atoms with Crippen molar-refractivity contribution in [2.24, 2.45) is 0 Å². The molecule has 0 aliphatic carbocycles. The second-order valence-corrected chi connectivity index (χ2v) is 6.74. The third-order valence-electron chi connectivity index (χ3n) is 3.75. The zero-order valence-electron chi connectivity index (χ0n) is 15.5. The number of carbonyl (C=O) groups excluding carboxylic acids is 1. The lowest BCUT2D eigenvalue weighted by molar-refractivity contribution is -0.138. The van der Waals surface area contributed by atoms with Gasteiger partial charge in [0, 0.05) is 17.6 Å². The van der Waals surface area contributed by atoms with Crippen LogP contribution in [0.25, 0.3) is 11.8 Å². The number of amides is 1. The van der Waals surface area contributed by atoms with Gasteiger partial charge >= 0.3 is 6.18 Å². The molecule has 0 saturated heterocycles. The summed E-state index contributed by atoms with van der Waals surface area (Å²) in [5, 5.41) is 16.2. The summed E-state index contributed by atoms with van der Waals surface area (Å²) in [7, 11) is 0. The molecular formula is C19H14F3N5O2S. The number of hydrogen-bond donors (Lipinski definition) is 1. The summed E-state index contributed by atoms with van der Waals surface area (Å²) in [6.45, 7) is 2.42. The molecule has 0 unspecified atom stereocenters. The smallest absolute Gasteiger partial charge is 0.445 e. The van der Waals surface area contributed by atoms with Gasteiger partial charge in [0.15, 0.2) is 0 Å². The van der Waals surface area contributed by atoms with Crippen molar-refractivity contribution in [1.82, 2.24) is 14.8 Å². The van der Waals surface area contributed by atoms with Crippen LogP contribution in [-0.4, -0.2) is 27.3 Å². The van der Waals surface area contributed by atoms with E-state index in [4.69, 9.17) is 4.74 Å². The number of hydrogen-bond acceptors (Lipinski definition) is 6. The Morgan fingerprint density at radius 1 is 1.30 bits per heavy atom. The summed E-state index contributed by atoms with van der Waals surface area (Å²) >= 11 is 0.176.